The molecule has 0 N–H and O–H groups in total. The van der Waals surface area contributed by atoms with Gasteiger partial charge in [-0.05, 0) is 36.1 Å². The highest BCUT2D eigenvalue weighted by atomic mass is 127. The fraction of sp³-hybridized carbons (Fsp3) is 0.111. The molecule has 0 spiro atoms. The van der Waals surface area contributed by atoms with Crippen molar-refractivity contribution in [1.82, 2.24) is 0 Å². The molecule has 0 amide bonds. The molecule has 104 valence electrons. The van der Waals surface area contributed by atoms with Crippen LogP contribution >= 0.6 is 0 Å². The van der Waals surface area contributed by atoms with Gasteiger partial charge >= 0.3 is 42.4 Å². The minimum absolute atomic E-state index is 0.0297. The van der Waals surface area contributed by atoms with Gasteiger partial charge in [-0.1, -0.05) is 36.4 Å². The van der Waals surface area contributed by atoms with Gasteiger partial charge in [-0.15, -0.1) is 0 Å². The van der Waals surface area contributed by atoms with Crippen LogP contribution in [0.15, 0.2) is 60.7 Å². The van der Waals surface area contributed by atoms with Crippen LogP contribution in [0.1, 0.15) is 0 Å². The standard InChI is InChI=1S/C18H14I2O/c1-3-9-17(10-4-1)19-13-7-15-21-16-8-14-20-18-11-5-2-6-12-18/h1-6,9-12H,13-14H2/q+2. The lowest BCUT2D eigenvalue weighted by Crippen LogP contribution is -3.62. The van der Waals surface area contributed by atoms with Crippen LogP contribution in [0.4, 0.5) is 0 Å². The van der Waals surface area contributed by atoms with Crippen LogP contribution in [0.25, 0.3) is 0 Å². The van der Waals surface area contributed by atoms with Crippen LogP contribution in [0.3, 0.4) is 0 Å². The minimum Gasteiger partial charge on any atom is -0.356 e. The van der Waals surface area contributed by atoms with E-state index in [4.69, 9.17) is 4.74 Å². The Labute approximate surface area is 147 Å². The molecule has 2 aromatic carbocycles. The van der Waals surface area contributed by atoms with Crippen molar-refractivity contribution in [3.8, 4) is 24.1 Å². The van der Waals surface area contributed by atoms with Crippen molar-refractivity contribution < 1.29 is 47.1 Å². The molecule has 0 saturated carbocycles. The smallest absolute Gasteiger partial charge is 0.327 e. The second-order valence-electron chi connectivity index (χ2n) is 3.79. The van der Waals surface area contributed by atoms with E-state index in [1.165, 1.54) is 7.14 Å². The summed E-state index contributed by atoms with van der Waals surface area (Å²) in [6.07, 6.45) is 5.34. The van der Waals surface area contributed by atoms with Gasteiger partial charge in [-0.2, -0.15) is 0 Å². The van der Waals surface area contributed by atoms with Crippen molar-refractivity contribution >= 4 is 0 Å². The number of hydrogen-bond acceptors (Lipinski definition) is 1. The van der Waals surface area contributed by atoms with Gasteiger partial charge in [0.2, 0.25) is 8.86 Å². The summed E-state index contributed by atoms with van der Waals surface area (Å²) in [5, 5.41) is 0. The van der Waals surface area contributed by atoms with Crippen molar-refractivity contribution in [3.05, 3.63) is 67.8 Å². The highest BCUT2D eigenvalue weighted by Gasteiger charge is 2.07. The average Bonchev–Trinajstić information content (AvgIpc) is 2.55. The summed E-state index contributed by atoms with van der Waals surface area (Å²) < 4.78 is 9.64. The summed E-state index contributed by atoms with van der Waals surface area (Å²) in [7, 11) is 0. The number of halogens is 2. The first-order chi connectivity index (χ1) is 10.4. The van der Waals surface area contributed by atoms with E-state index in [0.29, 0.717) is 0 Å². The molecule has 0 aliphatic heterocycles. The Balaban J connectivity index is 1.60. The Morgan fingerprint density at radius 3 is 1.52 bits per heavy atom. The van der Waals surface area contributed by atoms with Crippen LogP contribution in [-0.4, -0.2) is 8.86 Å². The normalized spacial score (nSPS) is 8.95. The van der Waals surface area contributed by atoms with Crippen molar-refractivity contribution in [3.63, 3.8) is 0 Å². The predicted octanol–water partition coefficient (Wildman–Crippen LogP) is -3.16. The van der Waals surface area contributed by atoms with Gasteiger partial charge in [0.05, 0.1) is 0 Å². The Morgan fingerprint density at radius 2 is 1.10 bits per heavy atom. The summed E-state index contributed by atoms with van der Waals surface area (Å²) in [5.74, 6) is 6.05. The van der Waals surface area contributed by atoms with E-state index in [9.17, 15) is 0 Å². The van der Waals surface area contributed by atoms with Crippen molar-refractivity contribution in [1.29, 1.82) is 0 Å². The van der Waals surface area contributed by atoms with Gasteiger partial charge in [0, 0.05) is 0 Å². The lowest BCUT2D eigenvalue weighted by atomic mass is 10.4. The summed E-state index contributed by atoms with van der Waals surface area (Å²) in [6, 6.07) is 21.0. The number of hydrogen-bond donors (Lipinski definition) is 0. The topological polar surface area (TPSA) is 9.23 Å². The number of alkyl halides is 2. The molecule has 2 rings (SSSR count). The van der Waals surface area contributed by atoms with Gasteiger partial charge in [0.15, 0.2) is 7.14 Å². The molecule has 0 unspecified atom stereocenters. The minimum atomic E-state index is -0.0297. The van der Waals surface area contributed by atoms with E-state index < -0.39 is 0 Å². The molecule has 2 aromatic rings. The van der Waals surface area contributed by atoms with Crippen LogP contribution < -0.4 is 42.4 Å². The van der Waals surface area contributed by atoms with Gasteiger partial charge in [-0.3, -0.25) is 0 Å². The Bertz CT molecular complexity index is 586. The summed E-state index contributed by atoms with van der Waals surface area (Å²) >= 11 is -0.0595. The number of benzene rings is 2. The number of rotatable bonds is 4. The molecule has 0 fully saturated rings. The molecule has 1 nitrogen and oxygen atoms in total. The molecule has 0 bridgehead atoms. The first-order valence-corrected chi connectivity index (χ1v) is 11.6. The van der Waals surface area contributed by atoms with Crippen LogP contribution in [-0.2, 0) is 4.74 Å². The van der Waals surface area contributed by atoms with E-state index in [1.807, 2.05) is 12.1 Å². The maximum atomic E-state index is 5.02. The molecule has 0 atom stereocenters. The molecule has 0 aromatic heterocycles. The van der Waals surface area contributed by atoms with Gasteiger partial charge in [0.1, 0.15) is 12.2 Å². The lowest BCUT2D eigenvalue weighted by Gasteiger charge is -1.80. The van der Waals surface area contributed by atoms with Crippen LogP contribution in [0.5, 0.6) is 0 Å². The van der Waals surface area contributed by atoms with Crippen LogP contribution in [0, 0.1) is 31.2 Å². The molecule has 0 radical (unpaired) electrons. The maximum absolute atomic E-state index is 5.02. The quantitative estimate of drug-likeness (QED) is 0.245. The molecule has 21 heavy (non-hydrogen) atoms. The SMILES string of the molecule is C(#COC#CC[I+]c1ccccc1)C[I+]c1ccccc1. The summed E-state index contributed by atoms with van der Waals surface area (Å²) in [6.45, 7) is 0. The molecule has 0 aliphatic carbocycles. The average molecular weight is 500 g/mol. The van der Waals surface area contributed by atoms with Gasteiger partial charge in [-0.25, -0.2) is 0 Å². The first kappa shape index (κ1) is 16.2. The first-order valence-electron chi connectivity index (χ1n) is 6.35. The Hall–Kier alpha value is -1.18. The zero-order valence-corrected chi connectivity index (χ0v) is 15.7. The number of ether oxygens (including phenoxy) is 1. The Morgan fingerprint density at radius 1 is 0.667 bits per heavy atom. The highest BCUT2D eigenvalue weighted by molar-refractivity contribution is 5.02. The van der Waals surface area contributed by atoms with E-state index in [1.54, 1.807) is 0 Å². The Kier molecular flexibility index (Phi) is 8.12. The third kappa shape index (κ3) is 7.40. The van der Waals surface area contributed by atoms with Gasteiger partial charge < -0.3 is 4.74 Å². The van der Waals surface area contributed by atoms with Crippen LogP contribution in [0.2, 0.25) is 0 Å². The monoisotopic (exact) mass is 500 g/mol. The molecule has 0 heterocycles. The summed E-state index contributed by atoms with van der Waals surface area (Å²) in [5.41, 5.74) is 0. The zero-order valence-electron chi connectivity index (χ0n) is 11.4. The molecule has 0 saturated heterocycles. The van der Waals surface area contributed by atoms with Crippen molar-refractivity contribution in [2.24, 2.45) is 0 Å². The largest absolute Gasteiger partial charge is 0.356 e. The van der Waals surface area contributed by atoms with E-state index in [2.05, 4.69) is 72.6 Å². The second-order valence-corrected chi connectivity index (χ2v) is 9.33. The van der Waals surface area contributed by atoms with E-state index in [0.717, 1.165) is 8.86 Å². The van der Waals surface area contributed by atoms with E-state index >= 15 is 0 Å². The van der Waals surface area contributed by atoms with Crippen molar-refractivity contribution in [2.45, 2.75) is 0 Å². The molecular formula is C18H14I2O+2. The zero-order chi connectivity index (χ0) is 14.6. The summed E-state index contributed by atoms with van der Waals surface area (Å²) in [4.78, 5) is 0. The van der Waals surface area contributed by atoms with E-state index in [-0.39, 0.29) is 42.4 Å². The maximum Gasteiger partial charge on any atom is 0.327 e. The van der Waals surface area contributed by atoms with Gasteiger partial charge in [0.25, 0.3) is 0 Å². The second kappa shape index (κ2) is 10.5. The molecular weight excluding hydrogens is 486 g/mol. The molecule has 0 aliphatic rings. The third-order valence-corrected chi connectivity index (χ3v) is 7.01. The third-order valence-electron chi connectivity index (χ3n) is 2.29. The lowest BCUT2D eigenvalue weighted by molar-refractivity contribution is -0.615. The molecule has 3 heteroatoms. The highest BCUT2D eigenvalue weighted by Crippen LogP contribution is 1.82. The predicted molar refractivity (Wildman–Crippen MR) is 76.6 cm³/mol. The fourth-order valence-electron chi connectivity index (χ4n) is 1.38. The van der Waals surface area contributed by atoms with Crippen molar-refractivity contribution in [2.75, 3.05) is 8.86 Å². The fourth-order valence-corrected chi connectivity index (χ4v) is 4.80.